The first-order chi connectivity index (χ1) is 15.1. The van der Waals surface area contributed by atoms with E-state index in [9.17, 15) is 9.59 Å². The molecule has 5 rings (SSSR count). The summed E-state index contributed by atoms with van der Waals surface area (Å²) in [5.41, 5.74) is 1.85. The first-order valence-corrected chi connectivity index (χ1v) is 10.1. The fourth-order valence-electron chi connectivity index (χ4n) is 4.06. The molecule has 0 bridgehead atoms. The number of carbonyl (C=O) groups excluding carboxylic acids is 2. The van der Waals surface area contributed by atoms with Gasteiger partial charge in [0.05, 0.1) is 19.3 Å². The number of esters is 1. The van der Waals surface area contributed by atoms with Gasteiger partial charge in [-0.25, -0.2) is 4.79 Å². The summed E-state index contributed by atoms with van der Waals surface area (Å²) in [4.78, 5) is 27.9. The maximum atomic E-state index is 13.5. The smallest absolute Gasteiger partial charge is 0.339 e. The number of hydrogen-bond acceptors (Lipinski definition) is 5. The number of epoxide rings is 1. The minimum absolute atomic E-state index is 0.127. The van der Waals surface area contributed by atoms with Crippen LogP contribution < -0.4 is 9.64 Å². The van der Waals surface area contributed by atoms with Crippen molar-refractivity contribution in [3.05, 3.63) is 95.6 Å². The van der Waals surface area contributed by atoms with Crippen LogP contribution >= 0.6 is 0 Å². The Bertz CT molecular complexity index is 1130. The average Bonchev–Trinajstić information content (AvgIpc) is 3.54. The van der Waals surface area contributed by atoms with Crippen molar-refractivity contribution in [1.82, 2.24) is 0 Å². The van der Waals surface area contributed by atoms with Crippen LogP contribution in [0.3, 0.4) is 0 Å². The molecular weight excluding hydrogens is 394 g/mol. The molecule has 6 heteroatoms. The number of fused-ring (bicyclic) bond motifs is 2. The number of nitrogens with zero attached hydrogens (tertiary/aromatic N) is 1. The van der Waals surface area contributed by atoms with Crippen LogP contribution in [0.4, 0.5) is 5.69 Å². The number of benzene rings is 3. The molecule has 0 radical (unpaired) electrons. The topological polar surface area (TPSA) is 68.4 Å². The Morgan fingerprint density at radius 3 is 2.35 bits per heavy atom. The first kappa shape index (κ1) is 19.3. The van der Waals surface area contributed by atoms with Gasteiger partial charge in [-0.2, -0.15) is 0 Å². The van der Waals surface area contributed by atoms with Gasteiger partial charge in [-0.15, -0.1) is 0 Å². The van der Waals surface area contributed by atoms with E-state index in [1.165, 1.54) is 0 Å². The van der Waals surface area contributed by atoms with Crippen LogP contribution in [0.2, 0.25) is 0 Å². The molecule has 3 aromatic rings. The zero-order chi connectivity index (χ0) is 21.4. The van der Waals surface area contributed by atoms with Crippen molar-refractivity contribution in [2.45, 2.75) is 24.9 Å². The minimum Gasteiger partial charge on any atom is -0.497 e. The molecule has 0 saturated carbocycles. The lowest BCUT2D eigenvalue weighted by Crippen LogP contribution is -2.35. The molecule has 31 heavy (non-hydrogen) atoms. The molecule has 6 nitrogen and oxygen atoms in total. The lowest BCUT2D eigenvalue weighted by atomic mass is 9.96. The minimum atomic E-state index is -1.35. The van der Waals surface area contributed by atoms with Crippen molar-refractivity contribution < 1.29 is 23.8 Å². The van der Waals surface area contributed by atoms with Crippen LogP contribution in [0.25, 0.3) is 0 Å². The molecule has 2 aliphatic rings. The van der Waals surface area contributed by atoms with Crippen LogP contribution in [0, 0.1) is 0 Å². The van der Waals surface area contributed by atoms with Gasteiger partial charge >= 0.3 is 5.97 Å². The second-order valence-corrected chi connectivity index (χ2v) is 7.59. The van der Waals surface area contributed by atoms with E-state index in [-0.39, 0.29) is 12.5 Å². The molecule has 3 aromatic carbocycles. The number of methoxy groups -OCH3 is 1. The summed E-state index contributed by atoms with van der Waals surface area (Å²) < 4.78 is 16.6. The van der Waals surface area contributed by atoms with Crippen LogP contribution in [0.5, 0.6) is 5.75 Å². The Kier molecular flexibility index (Phi) is 4.71. The predicted molar refractivity (Wildman–Crippen MR) is 113 cm³/mol. The molecule has 1 amide bonds. The number of anilines is 1. The lowest BCUT2D eigenvalue weighted by Gasteiger charge is -2.17. The van der Waals surface area contributed by atoms with Gasteiger partial charge in [0.1, 0.15) is 12.4 Å². The fraction of sp³-hybridized carbons (Fsp3) is 0.200. The van der Waals surface area contributed by atoms with Crippen LogP contribution in [0.1, 0.15) is 16.7 Å². The average molecular weight is 415 g/mol. The molecule has 0 aliphatic carbocycles. The highest BCUT2D eigenvalue weighted by molar-refractivity contribution is 6.12. The maximum absolute atomic E-state index is 13.5. The summed E-state index contributed by atoms with van der Waals surface area (Å²) in [6.07, 6.45) is -0.977. The highest BCUT2D eigenvalue weighted by atomic mass is 16.7. The van der Waals surface area contributed by atoms with Gasteiger partial charge in [-0.1, -0.05) is 60.7 Å². The molecule has 0 N–H and O–H groups in total. The SMILES string of the molecule is COc1ccc2c(c1)[C@]1(O[C@H]1C(=O)OCc1ccccc1)C(=O)N2Cc1ccccc1. The Balaban J connectivity index is 1.42. The molecule has 156 valence electrons. The van der Waals surface area contributed by atoms with E-state index in [0.29, 0.717) is 23.5 Å². The maximum Gasteiger partial charge on any atom is 0.339 e. The zero-order valence-electron chi connectivity index (χ0n) is 17.0. The van der Waals surface area contributed by atoms with Crippen molar-refractivity contribution in [2.24, 2.45) is 0 Å². The fourth-order valence-corrected chi connectivity index (χ4v) is 4.06. The molecule has 2 atom stereocenters. The number of hydrogen-bond donors (Lipinski definition) is 0. The van der Waals surface area contributed by atoms with E-state index < -0.39 is 17.7 Å². The lowest BCUT2D eigenvalue weighted by molar-refractivity contribution is -0.146. The van der Waals surface area contributed by atoms with Gasteiger partial charge in [-0.3, -0.25) is 4.79 Å². The van der Waals surface area contributed by atoms with Crippen LogP contribution in [-0.4, -0.2) is 25.1 Å². The predicted octanol–water partition coefficient (Wildman–Crippen LogP) is 3.58. The Morgan fingerprint density at radius 1 is 1.00 bits per heavy atom. The van der Waals surface area contributed by atoms with Crippen molar-refractivity contribution in [2.75, 3.05) is 12.0 Å². The third-order valence-corrected chi connectivity index (χ3v) is 5.69. The number of ether oxygens (including phenoxy) is 3. The summed E-state index contributed by atoms with van der Waals surface area (Å²) in [5.74, 6) is -0.215. The van der Waals surface area contributed by atoms with Gasteiger partial charge in [0, 0.05) is 5.56 Å². The van der Waals surface area contributed by atoms with E-state index in [1.807, 2.05) is 66.7 Å². The van der Waals surface area contributed by atoms with E-state index in [1.54, 1.807) is 24.1 Å². The van der Waals surface area contributed by atoms with Gasteiger partial charge in [0.15, 0.2) is 6.10 Å². The van der Waals surface area contributed by atoms with Crippen LogP contribution in [-0.2, 0) is 37.8 Å². The molecule has 2 aliphatic heterocycles. The summed E-state index contributed by atoms with van der Waals surface area (Å²) in [7, 11) is 1.56. The molecule has 0 unspecified atom stereocenters. The number of amides is 1. The molecular formula is C25H21NO5. The summed E-state index contributed by atoms with van der Waals surface area (Å²) in [6.45, 7) is 0.512. The van der Waals surface area contributed by atoms with Gasteiger partial charge in [0.25, 0.3) is 5.91 Å². The van der Waals surface area contributed by atoms with Crippen molar-refractivity contribution >= 4 is 17.6 Å². The van der Waals surface area contributed by atoms with Crippen molar-refractivity contribution in [3.8, 4) is 5.75 Å². The first-order valence-electron chi connectivity index (χ1n) is 10.1. The van der Waals surface area contributed by atoms with Crippen molar-refractivity contribution in [3.63, 3.8) is 0 Å². The van der Waals surface area contributed by atoms with E-state index in [0.717, 1.165) is 11.1 Å². The highest BCUT2D eigenvalue weighted by Crippen LogP contribution is 2.57. The zero-order valence-corrected chi connectivity index (χ0v) is 17.0. The molecule has 0 aromatic heterocycles. The second-order valence-electron chi connectivity index (χ2n) is 7.59. The summed E-state index contributed by atoms with van der Waals surface area (Å²) >= 11 is 0. The van der Waals surface area contributed by atoms with Gasteiger partial charge in [0.2, 0.25) is 5.60 Å². The second kappa shape index (κ2) is 7.56. The molecule has 1 fully saturated rings. The van der Waals surface area contributed by atoms with E-state index >= 15 is 0 Å². The Labute approximate surface area is 180 Å². The van der Waals surface area contributed by atoms with Crippen molar-refractivity contribution in [1.29, 1.82) is 0 Å². The third-order valence-electron chi connectivity index (χ3n) is 5.69. The molecule has 1 spiro atoms. The monoisotopic (exact) mass is 415 g/mol. The Hall–Kier alpha value is -3.64. The summed E-state index contributed by atoms with van der Waals surface area (Å²) in [6, 6.07) is 24.5. The van der Waals surface area contributed by atoms with Gasteiger partial charge < -0.3 is 19.1 Å². The quantitative estimate of drug-likeness (QED) is 0.455. The van der Waals surface area contributed by atoms with Gasteiger partial charge in [-0.05, 0) is 29.3 Å². The normalized spacial score (nSPS) is 21.1. The number of rotatable bonds is 6. The summed E-state index contributed by atoms with van der Waals surface area (Å²) in [5, 5.41) is 0. The van der Waals surface area contributed by atoms with Crippen LogP contribution in [0.15, 0.2) is 78.9 Å². The molecule has 1 saturated heterocycles. The number of carbonyl (C=O) groups is 2. The van der Waals surface area contributed by atoms with E-state index in [2.05, 4.69) is 0 Å². The van der Waals surface area contributed by atoms with E-state index in [4.69, 9.17) is 14.2 Å². The largest absolute Gasteiger partial charge is 0.497 e. The Morgan fingerprint density at radius 2 is 1.68 bits per heavy atom. The third kappa shape index (κ3) is 3.25. The molecule has 2 heterocycles. The standard InChI is InChI=1S/C25H21NO5/c1-29-19-12-13-21-20(14-19)25(24(28)26(21)15-17-8-4-2-5-9-17)22(31-25)23(27)30-16-18-10-6-3-7-11-18/h2-14,22H,15-16H2,1H3/t22-,25+/m0/s1. The highest BCUT2D eigenvalue weighted by Gasteiger charge is 2.73.